The predicted octanol–water partition coefficient (Wildman–Crippen LogP) is 3.36. The minimum absolute atomic E-state index is 0. The number of hydrogen-bond donors (Lipinski definition) is 2. The number of nitrogens with one attached hydrogen (secondary N) is 2. The number of thioether (sulfide) groups is 1. The molecule has 1 saturated carbocycles. The topological polar surface area (TPSA) is 36.4 Å². The van der Waals surface area contributed by atoms with Gasteiger partial charge in [0.25, 0.3) is 0 Å². The summed E-state index contributed by atoms with van der Waals surface area (Å²) in [6.07, 6.45) is 2.73. The molecule has 2 N–H and O–H groups in total. The van der Waals surface area contributed by atoms with Gasteiger partial charge in [0.1, 0.15) is 0 Å². The molecule has 0 amide bonds. The summed E-state index contributed by atoms with van der Waals surface area (Å²) in [5.41, 5.74) is 0. The third-order valence-corrected chi connectivity index (χ3v) is 4.23. The summed E-state index contributed by atoms with van der Waals surface area (Å²) in [6.45, 7) is 4.21. The second-order valence-corrected chi connectivity index (χ2v) is 6.53. The van der Waals surface area contributed by atoms with E-state index in [4.69, 9.17) is 0 Å². The molecule has 1 aromatic rings. The molecule has 112 valence electrons. The van der Waals surface area contributed by atoms with Crippen molar-refractivity contribution in [2.75, 3.05) is 20.1 Å². The molecule has 2 rings (SSSR count). The number of hydrogen-bond acceptors (Lipinski definition) is 2. The third-order valence-electron chi connectivity index (χ3n) is 3.12. The van der Waals surface area contributed by atoms with Gasteiger partial charge in [-0.05, 0) is 30.9 Å². The standard InChI is InChI=1S/C15H23N3S.HI/c1-12(19-14-6-4-3-5-7-14)10-17-15(16-2)18-11-13-8-9-13;/h3-7,12-13H,8-11H2,1-2H3,(H2,16,17,18);1H. The number of rotatable bonds is 6. The van der Waals surface area contributed by atoms with Crippen molar-refractivity contribution in [3.05, 3.63) is 30.3 Å². The molecular weight excluding hydrogens is 381 g/mol. The van der Waals surface area contributed by atoms with Gasteiger partial charge in [0.05, 0.1) is 0 Å². The lowest BCUT2D eigenvalue weighted by atomic mass is 10.4. The van der Waals surface area contributed by atoms with Crippen LogP contribution in [0.5, 0.6) is 0 Å². The molecule has 1 fully saturated rings. The van der Waals surface area contributed by atoms with Gasteiger partial charge in [-0.2, -0.15) is 0 Å². The van der Waals surface area contributed by atoms with Crippen molar-refractivity contribution in [1.82, 2.24) is 10.6 Å². The second kappa shape index (κ2) is 9.50. The van der Waals surface area contributed by atoms with Gasteiger partial charge in [0, 0.05) is 30.3 Å². The van der Waals surface area contributed by atoms with Crippen LogP contribution in [0.2, 0.25) is 0 Å². The average molecular weight is 405 g/mol. The molecule has 0 aromatic heterocycles. The minimum atomic E-state index is 0. The van der Waals surface area contributed by atoms with E-state index in [0.29, 0.717) is 5.25 Å². The van der Waals surface area contributed by atoms with E-state index in [1.165, 1.54) is 17.7 Å². The highest BCUT2D eigenvalue weighted by Gasteiger charge is 2.21. The lowest BCUT2D eigenvalue weighted by Crippen LogP contribution is -2.40. The van der Waals surface area contributed by atoms with Gasteiger partial charge in [-0.25, -0.2) is 0 Å². The van der Waals surface area contributed by atoms with Crippen LogP contribution >= 0.6 is 35.7 Å². The third kappa shape index (κ3) is 6.83. The molecule has 3 nitrogen and oxygen atoms in total. The van der Waals surface area contributed by atoms with Crippen molar-refractivity contribution < 1.29 is 0 Å². The summed E-state index contributed by atoms with van der Waals surface area (Å²) < 4.78 is 0. The number of halogens is 1. The van der Waals surface area contributed by atoms with Crippen molar-refractivity contribution in [2.24, 2.45) is 10.9 Å². The summed E-state index contributed by atoms with van der Waals surface area (Å²) >= 11 is 1.89. The van der Waals surface area contributed by atoms with E-state index in [0.717, 1.165) is 25.0 Å². The lowest BCUT2D eigenvalue weighted by molar-refractivity contribution is 0.733. The van der Waals surface area contributed by atoms with E-state index in [2.05, 4.69) is 52.9 Å². The Balaban J connectivity index is 0.00000200. The van der Waals surface area contributed by atoms with Gasteiger partial charge in [0.15, 0.2) is 5.96 Å². The van der Waals surface area contributed by atoms with E-state index >= 15 is 0 Å². The van der Waals surface area contributed by atoms with Gasteiger partial charge in [-0.3, -0.25) is 4.99 Å². The quantitative estimate of drug-likeness (QED) is 0.330. The largest absolute Gasteiger partial charge is 0.356 e. The molecule has 0 heterocycles. The first-order valence-electron chi connectivity index (χ1n) is 6.94. The number of benzene rings is 1. The van der Waals surface area contributed by atoms with E-state index in [-0.39, 0.29) is 24.0 Å². The average Bonchev–Trinajstić information content (AvgIpc) is 3.24. The van der Waals surface area contributed by atoms with Crippen molar-refractivity contribution in [2.45, 2.75) is 29.9 Å². The molecule has 0 spiro atoms. The molecule has 0 aliphatic heterocycles. The van der Waals surface area contributed by atoms with Crippen LogP contribution in [0.1, 0.15) is 19.8 Å². The highest BCUT2D eigenvalue weighted by Crippen LogP contribution is 2.27. The van der Waals surface area contributed by atoms with Crippen LogP contribution in [0, 0.1) is 5.92 Å². The molecule has 1 aliphatic carbocycles. The van der Waals surface area contributed by atoms with Crippen molar-refractivity contribution in [1.29, 1.82) is 0 Å². The van der Waals surface area contributed by atoms with Crippen LogP contribution < -0.4 is 10.6 Å². The highest BCUT2D eigenvalue weighted by atomic mass is 127. The Labute approximate surface area is 143 Å². The fourth-order valence-corrected chi connectivity index (χ4v) is 2.74. The zero-order valence-electron chi connectivity index (χ0n) is 12.1. The molecule has 1 unspecified atom stereocenters. The second-order valence-electron chi connectivity index (χ2n) is 5.02. The van der Waals surface area contributed by atoms with Crippen molar-refractivity contribution in [3.8, 4) is 0 Å². The maximum Gasteiger partial charge on any atom is 0.191 e. The Morgan fingerprint density at radius 3 is 2.60 bits per heavy atom. The van der Waals surface area contributed by atoms with Crippen LogP contribution in [0.25, 0.3) is 0 Å². The first-order valence-corrected chi connectivity index (χ1v) is 7.82. The predicted molar refractivity (Wildman–Crippen MR) is 99.3 cm³/mol. The molecule has 20 heavy (non-hydrogen) atoms. The van der Waals surface area contributed by atoms with Crippen LogP contribution in [0.15, 0.2) is 40.2 Å². The Kier molecular flexibility index (Phi) is 8.37. The maximum atomic E-state index is 4.25. The number of nitrogens with zero attached hydrogens (tertiary/aromatic N) is 1. The number of aliphatic imine (C=N–C) groups is 1. The van der Waals surface area contributed by atoms with Crippen molar-refractivity contribution in [3.63, 3.8) is 0 Å². The van der Waals surface area contributed by atoms with Crippen LogP contribution in [0.4, 0.5) is 0 Å². The molecule has 1 aliphatic rings. The summed E-state index contributed by atoms with van der Waals surface area (Å²) in [4.78, 5) is 5.57. The van der Waals surface area contributed by atoms with E-state index < -0.39 is 0 Å². The zero-order valence-corrected chi connectivity index (χ0v) is 15.3. The SMILES string of the molecule is CN=C(NCC1CC1)NCC(C)Sc1ccccc1.I. The fourth-order valence-electron chi connectivity index (χ4n) is 1.80. The Hall–Kier alpha value is -0.430. The van der Waals surface area contributed by atoms with Crippen LogP contribution in [-0.4, -0.2) is 31.3 Å². The van der Waals surface area contributed by atoms with Gasteiger partial charge >= 0.3 is 0 Å². The van der Waals surface area contributed by atoms with Crippen molar-refractivity contribution >= 4 is 41.7 Å². The smallest absolute Gasteiger partial charge is 0.191 e. The molecule has 1 atom stereocenters. The Morgan fingerprint density at radius 1 is 1.30 bits per heavy atom. The van der Waals surface area contributed by atoms with Gasteiger partial charge in [-0.15, -0.1) is 35.7 Å². The van der Waals surface area contributed by atoms with Gasteiger partial charge in [0.2, 0.25) is 0 Å². The highest BCUT2D eigenvalue weighted by molar-refractivity contribution is 14.0. The van der Waals surface area contributed by atoms with Crippen LogP contribution in [0.3, 0.4) is 0 Å². The first-order chi connectivity index (χ1) is 9.28. The van der Waals surface area contributed by atoms with Crippen LogP contribution in [-0.2, 0) is 0 Å². The zero-order chi connectivity index (χ0) is 13.5. The van der Waals surface area contributed by atoms with E-state index in [1.54, 1.807) is 0 Å². The molecule has 0 radical (unpaired) electrons. The summed E-state index contributed by atoms with van der Waals surface area (Å²) in [6, 6.07) is 10.5. The maximum absolute atomic E-state index is 4.25. The van der Waals surface area contributed by atoms with E-state index in [1.807, 2.05) is 18.8 Å². The minimum Gasteiger partial charge on any atom is -0.356 e. The molecule has 1 aromatic carbocycles. The normalized spacial score (nSPS) is 16.2. The van der Waals surface area contributed by atoms with E-state index in [9.17, 15) is 0 Å². The number of guanidine groups is 1. The van der Waals surface area contributed by atoms with Gasteiger partial charge in [-0.1, -0.05) is 25.1 Å². The molecular formula is C15H24IN3S. The Morgan fingerprint density at radius 2 is 2.00 bits per heavy atom. The molecule has 0 bridgehead atoms. The molecule has 0 saturated heterocycles. The fraction of sp³-hybridized carbons (Fsp3) is 0.533. The summed E-state index contributed by atoms with van der Waals surface area (Å²) in [7, 11) is 1.83. The first kappa shape index (κ1) is 17.6. The summed E-state index contributed by atoms with van der Waals surface area (Å²) in [5.74, 6) is 1.79. The summed E-state index contributed by atoms with van der Waals surface area (Å²) in [5, 5.41) is 7.29. The van der Waals surface area contributed by atoms with Gasteiger partial charge < -0.3 is 10.6 Å². The molecule has 5 heteroatoms. The lowest BCUT2D eigenvalue weighted by Gasteiger charge is -2.15. The monoisotopic (exact) mass is 405 g/mol. The Bertz CT molecular complexity index is 407.